The molecule has 196 valence electrons. The van der Waals surface area contributed by atoms with Crippen molar-refractivity contribution in [3.63, 3.8) is 0 Å². The van der Waals surface area contributed by atoms with E-state index in [-0.39, 0.29) is 30.2 Å². The van der Waals surface area contributed by atoms with Gasteiger partial charge in [0.2, 0.25) is 11.8 Å². The van der Waals surface area contributed by atoms with E-state index in [0.717, 1.165) is 61.7 Å². The Kier molecular flexibility index (Phi) is 8.68. The maximum Gasteiger partial charge on any atom is 0.234 e. The van der Waals surface area contributed by atoms with Crippen LogP contribution >= 0.6 is 0 Å². The molecule has 0 radical (unpaired) electrons. The van der Waals surface area contributed by atoms with Crippen molar-refractivity contribution in [1.29, 1.82) is 0 Å². The highest BCUT2D eigenvalue weighted by atomic mass is 16.3. The molecule has 36 heavy (non-hydrogen) atoms. The fraction of sp³-hybridized carbons (Fsp3) is 0.600. The molecule has 4 atom stereocenters. The van der Waals surface area contributed by atoms with E-state index in [2.05, 4.69) is 13.0 Å². The Morgan fingerprint density at radius 1 is 1.14 bits per heavy atom. The summed E-state index contributed by atoms with van der Waals surface area (Å²) in [5.41, 5.74) is 3.79. The SMILES string of the molecule is CCC/C(=C\c1cccc(O)c1)CC[C@@H](O)C1=C(C)C[C@H]2C(=O)N(C3CCCCC3)C(=O)[C@H]2[C@H]1CO. The van der Waals surface area contributed by atoms with Gasteiger partial charge < -0.3 is 15.3 Å². The summed E-state index contributed by atoms with van der Waals surface area (Å²) < 4.78 is 0. The van der Waals surface area contributed by atoms with Crippen molar-refractivity contribution in [2.24, 2.45) is 17.8 Å². The van der Waals surface area contributed by atoms with E-state index in [4.69, 9.17) is 0 Å². The number of imide groups is 1. The first-order valence-corrected chi connectivity index (χ1v) is 13.7. The van der Waals surface area contributed by atoms with Gasteiger partial charge >= 0.3 is 0 Å². The molecule has 0 spiro atoms. The summed E-state index contributed by atoms with van der Waals surface area (Å²) in [5.74, 6) is -1.52. The second-order valence-corrected chi connectivity index (χ2v) is 10.9. The highest BCUT2D eigenvalue weighted by Crippen LogP contribution is 2.47. The Balaban J connectivity index is 1.51. The Morgan fingerprint density at radius 2 is 1.89 bits per heavy atom. The molecular weight excluding hydrogens is 454 g/mol. The van der Waals surface area contributed by atoms with Gasteiger partial charge in [0, 0.05) is 12.0 Å². The van der Waals surface area contributed by atoms with Crippen molar-refractivity contribution >= 4 is 17.9 Å². The molecule has 2 fully saturated rings. The zero-order valence-electron chi connectivity index (χ0n) is 21.7. The van der Waals surface area contributed by atoms with E-state index < -0.39 is 23.9 Å². The van der Waals surface area contributed by atoms with Gasteiger partial charge in [0.1, 0.15) is 5.75 Å². The number of aliphatic hydroxyl groups is 2. The van der Waals surface area contributed by atoms with Gasteiger partial charge in [0.25, 0.3) is 0 Å². The monoisotopic (exact) mass is 495 g/mol. The number of aromatic hydroxyl groups is 1. The lowest BCUT2D eigenvalue weighted by molar-refractivity contribution is -0.143. The summed E-state index contributed by atoms with van der Waals surface area (Å²) in [6.45, 7) is 3.81. The minimum Gasteiger partial charge on any atom is -0.508 e. The quantitative estimate of drug-likeness (QED) is 0.332. The first-order valence-electron chi connectivity index (χ1n) is 13.7. The molecule has 4 rings (SSSR count). The summed E-state index contributed by atoms with van der Waals surface area (Å²) >= 11 is 0. The normalized spacial score (nSPS) is 26.5. The topological polar surface area (TPSA) is 98.1 Å². The van der Waals surface area contributed by atoms with Gasteiger partial charge in [-0.15, -0.1) is 0 Å². The fourth-order valence-corrected chi connectivity index (χ4v) is 6.76. The van der Waals surface area contributed by atoms with Crippen LogP contribution in [0.3, 0.4) is 0 Å². The number of carbonyl (C=O) groups is 2. The van der Waals surface area contributed by atoms with Crippen LogP contribution in [-0.2, 0) is 9.59 Å². The highest BCUT2D eigenvalue weighted by Gasteiger charge is 2.55. The minimum atomic E-state index is -0.779. The van der Waals surface area contributed by atoms with E-state index in [1.54, 1.807) is 12.1 Å². The molecule has 3 N–H and O–H groups in total. The maximum absolute atomic E-state index is 13.5. The lowest BCUT2D eigenvalue weighted by Crippen LogP contribution is -2.42. The van der Waals surface area contributed by atoms with Gasteiger partial charge in [-0.05, 0) is 68.7 Å². The molecule has 2 aliphatic carbocycles. The van der Waals surface area contributed by atoms with Crippen LogP contribution in [0.4, 0.5) is 0 Å². The third-order valence-corrected chi connectivity index (χ3v) is 8.41. The van der Waals surface area contributed by atoms with E-state index in [9.17, 15) is 24.9 Å². The number of allylic oxidation sites excluding steroid dienone is 2. The average molecular weight is 496 g/mol. The van der Waals surface area contributed by atoms with Crippen LogP contribution in [0.2, 0.25) is 0 Å². The van der Waals surface area contributed by atoms with Gasteiger partial charge in [-0.2, -0.15) is 0 Å². The largest absolute Gasteiger partial charge is 0.508 e. The summed E-state index contributed by atoms with van der Waals surface area (Å²) in [5, 5.41) is 31.5. The number of amides is 2. The van der Waals surface area contributed by atoms with Crippen LogP contribution in [0.1, 0.15) is 83.6 Å². The summed E-state index contributed by atoms with van der Waals surface area (Å²) in [6, 6.07) is 7.11. The number of fused-ring (bicyclic) bond motifs is 1. The van der Waals surface area contributed by atoms with Crippen molar-refractivity contribution in [1.82, 2.24) is 4.90 Å². The average Bonchev–Trinajstić information content (AvgIpc) is 3.11. The molecule has 0 aromatic heterocycles. The number of aliphatic hydroxyl groups excluding tert-OH is 2. The molecule has 1 heterocycles. The smallest absolute Gasteiger partial charge is 0.234 e. The number of hydrogen-bond acceptors (Lipinski definition) is 5. The summed E-state index contributed by atoms with van der Waals surface area (Å²) in [4.78, 5) is 28.4. The molecule has 1 aromatic rings. The van der Waals surface area contributed by atoms with Crippen molar-refractivity contribution in [2.75, 3.05) is 6.61 Å². The molecule has 1 aliphatic heterocycles. The van der Waals surface area contributed by atoms with E-state index in [1.165, 1.54) is 10.5 Å². The van der Waals surface area contributed by atoms with Crippen molar-refractivity contribution < 1.29 is 24.9 Å². The number of nitrogens with zero attached hydrogens (tertiary/aromatic N) is 1. The first-order chi connectivity index (χ1) is 17.3. The van der Waals surface area contributed by atoms with Crippen LogP contribution in [0.25, 0.3) is 6.08 Å². The lowest BCUT2D eigenvalue weighted by atomic mass is 9.68. The summed E-state index contributed by atoms with van der Waals surface area (Å²) in [6.07, 6.45) is 9.75. The number of benzene rings is 1. The Hall–Kier alpha value is -2.44. The van der Waals surface area contributed by atoms with Crippen LogP contribution in [-0.4, -0.2) is 50.8 Å². The molecular formula is C30H41NO5. The maximum atomic E-state index is 13.5. The van der Waals surface area contributed by atoms with Crippen molar-refractivity contribution in [3.8, 4) is 5.75 Å². The zero-order valence-corrected chi connectivity index (χ0v) is 21.7. The zero-order chi connectivity index (χ0) is 25.8. The predicted octanol–water partition coefficient (Wildman–Crippen LogP) is 4.98. The molecule has 6 heteroatoms. The lowest BCUT2D eigenvalue weighted by Gasteiger charge is -2.35. The highest BCUT2D eigenvalue weighted by molar-refractivity contribution is 6.06. The van der Waals surface area contributed by atoms with Gasteiger partial charge in [0.15, 0.2) is 0 Å². The molecule has 0 bridgehead atoms. The Morgan fingerprint density at radius 3 is 2.56 bits per heavy atom. The third kappa shape index (κ3) is 5.45. The van der Waals surface area contributed by atoms with E-state index >= 15 is 0 Å². The Labute approximate surface area is 214 Å². The molecule has 0 unspecified atom stereocenters. The van der Waals surface area contributed by atoms with Crippen molar-refractivity contribution in [2.45, 2.75) is 90.2 Å². The molecule has 6 nitrogen and oxygen atoms in total. The molecule has 1 aromatic carbocycles. The van der Waals surface area contributed by atoms with Crippen LogP contribution < -0.4 is 0 Å². The van der Waals surface area contributed by atoms with Crippen LogP contribution in [0.5, 0.6) is 5.75 Å². The second-order valence-electron chi connectivity index (χ2n) is 10.9. The molecule has 3 aliphatic rings. The van der Waals surface area contributed by atoms with Gasteiger partial charge in [-0.1, -0.05) is 62.0 Å². The number of hydrogen-bond donors (Lipinski definition) is 3. The molecule has 1 saturated carbocycles. The number of carbonyl (C=O) groups excluding carboxylic acids is 2. The van der Waals surface area contributed by atoms with Gasteiger partial charge in [-0.25, -0.2) is 0 Å². The standard InChI is InChI=1S/C30H41NO5/c1-3-8-20(16-21-9-7-12-23(33)17-21)13-14-26(34)27-19(2)15-24-28(25(27)18-32)30(36)31(29(24)35)22-10-5-4-6-11-22/h7,9,12,16-17,22,24-26,28,32-34H,3-6,8,10-11,13-15,18H2,1-2H3/b20-16+/t24-,25+,26-,28-/m1/s1. The predicted molar refractivity (Wildman–Crippen MR) is 140 cm³/mol. The Bertz CT molecular complexity index is 1020. The second kappa shape index (κ2) is 11.7. The number of phenolic OH excluding ortho intramolecular Hbond substituents is 1. The number of likely N-dealkylation sites (tertiary alicyclic amines) is 1. The van der Waals surface area contributed by atoms with E-state index in [0.29, 0.717) is 19.3 Å². The van der Waals surface area contributed by atoms with Crippen molar-refractivity contribution in [3.05, 3.63) is 46.5 Å². The minimum absolute atomic E-state index is 0.0171. The van der Waals surface area contributed by atoms with Crippen LogP contribution in [0, 0.1) is 17.8 Å². The molecule has 1 saturated heterocycles. The molecule has 2 amide bonds. The van der Waals surface area contributed by atoms with Gasteiger partial charge in [-0.3, -0.25) is 14.5 Å². The first kappa shape index (κ1) is 26.6. The summed E-state index contributed by atoms with van der Waals surface area (Å²) in [7, 11) is 0. The number of rotatable bonds is 9. The van der Waals surface area contributed by atoms with E-state index in [1.807, 2.05) is 19.1 Å². The fourth-order valence-electron chi connectivity index (χ4n) is 6.76. The van der Waals surface area contributed by atoms with Crippen LogP contribution in [0.15, 0.2) is 41.0 Å². The number of phenols is 1. The van der Waals surface area contributed by atoms with Gasteiger partial charge in [0.05, 0.1) is 24.5 Å². The third-order valence-electron chi connectivity index (χ3n) is 8.41.